The third-order valence-electron chi connectivity index (χ3n) is 3.23. The van der Waals surface area contributed by atoms with E-state index in [9.17, 15) is 4.79 Å². The summed E-state index contributed by atoms with van der Waals surface area (Å²) >= 11 is 0. The molecule has 3 nitrogen and oxygen atoms in total. The molecule has 0 bridgehead atoms. The van der Waals surface area contributed by atoms with Crippen molar-refractivity contribution in [2.45, 2.75) is 25.3 Å². The maximum atomic E-state index is 12.0. The lowest BCUT2D eigenvalue weighted by atomic mass is 10.0. The Labute approximate surface area is 95.0 Å². The summed E-state index contributed by atoms with van der Waals surface area (Å²) < 4.78 is 0. The lowest BCUT2D eigenvalue weighted by Crippen LogP contribution is -2.30. The number of amides is 1. The number of carbonyl (C=O) groups is 1. The fourth-order valence-corrected chi connectivity index (χ4v) is 2.17. The molecule has 1 saturated carbocycles. The van der Waals surface area contributed by atoms with E-state index in [4.69, 9.17) is 4.84 Å². The van der Waals surface area contributed by atoms with Crippen molar-refractivity contribution in [2.75, 3.05) is 6.61 Å². The molecule has 3 rings (SSSR count). The highest BCUT2D eigenvalue weighted by molar-refractivity contribution is 5.80. The van der Waals surface area contributed by atoms with Gasteiger partial charge in [-0.3, -0.25) is 9.63 Å². The van der Waals surface area contributed by atoms with Crippen LogP contribution in [0.3, 0.4) is 0 Å². The molecule has 1 aromatic carbocycles. The molecule has 0 aromatic heterocycles. The highest BCUT2D eigenvalue weighted by atomic mass is 16.7. The summed E-state index contributed by atoms with van der Waals surface area (Å²) in [6, 6.07) is 10.3. The predicted molar refractivity (Wildman–Crippen MR) is 59.3 cm³/mol. The first-order valence-electron chi connectivity index (χ1n) is 5.87. The van der Waals surface area contributed by atoms with Gasteiger partial charge in [0.2, 0.25) is 5.91 Å². The fourth-order valence-electron chi connectivity index (χ4n) is 2.17. The number of nitrogens with zero attached hydrogens (tertiary/aromatic N) is 1. The summed E-state index contributed by atoms with van der Waals surface area (Å²) in [7, 11) is 0. The first kappa shape index (κ1) is 9.85. The molecule has 2 aliphatic rings. The van der Waals surface area contributed by atoms with Crippen LogP contribution in [0.25, 0.3) is 0 Å². The van der Waals surface area contributed by atoms with E-state index in [1.807, 2.05) is 18.2 Å². The van der Waals surface area contributed by atoms with E-state index in [0.29, 0.717) is 6.61 Å². The van der Waals surface area contributed by atoms with Gasteiger partial charge in [-0.2, -0.15) is 0 Å². The van der Waals surface area contributed by atoms with Crippen molar-refractivity contribution >= 4 is 5.91 Å². The van der Waals surface area contributed by atoms with Crippen LogP contribution >= 0.6 is 0 Å². The van der Waals surface area contributed by atoms with Gasteiger partial charge < -0.3 is 0 Å². The SMILES string of the molecule is O=C(C1CC1)N1OCC[C@H]1c1ccccc1. The minimum Gasteiger partial charge on any atom is -0.272 e. The molecule has 1 saturated heterocycles. The molecule has 3 heteroatoms. The molecule has 0 unspecified atom stereocenters. The third-order valence-corrected chi connectivity index (χ3v) is 3.23. The van der Waals surface area contributed by atoms with Crippen LogP contribution in [0, 0.1) is 5.92 Å². The van der Waals surface area contributed by atoms with Gasteiger partial charge in [-0.15, -0.1) is 0 Å². The Morgan fingerprint density at radius 2 is 1.94 bits per heavy atom. The van der Waals surface area contributed by atoms with Gasteiger partial charge in [0, 0.05) is 12.3 Å². The molecule has 1 amide bonds. The maximum absolute atomic E-state index is 12.0. The Bertz CT molecular complexity index is 386. The van der Waals surface area contributed by atoms with E-state index in [2.05, 4.69) is 12.1 Å². The summed E-state index contributed by atoms with van der Waals surface area (Å²) in [5.41, 5.74) is 1.18. The minimum absolute atomic E-state index is 0.120. The fraction of sp³-hybridized carbons (Fsp3) is 0.462. The Morgan fingerprint density at radius 1 is 1.19 bits per heavy atom. The summed E-state index contributed by atoms with van der Waals surface area (Å²) in [5, 5.41) is 1.60. The summed E-state index contributed by atoms with van der Waals surface area (Å²) in [4.78, 5) is 17.5. The summed E-state index contributed by atoms with van der Waals surface area (Å²) in [6.07, 6.45) is 2.96. The van der Waals surface area contributed by atoms with Crippen molar-refractivity contribution in [3.05, 3.63) is 35.9 Å². The van der Waals surface area contributed by atoms with Gasteiger partial charge in [0.15, 0.2) is 0 Å². The number of hydrogen-bond acceptors (Lipinski definition) is 2. The molecule has 1 atom stereocenters. The monoisotopic (exact) mass is 217 g/mol. The van der Waals surface area contributed by atoms with Crippen LogP contribution in [0.5, 0.6) is 0 Å². The van der Waals surface area contributed by atoms with Crippen molar-refractivity contribution in [1.82, 2.24) is 5.06 Å². The molecule has 1 aliphatic heterocycles. The van der Waals surface area contributed by atoms with Gasteiger partial charge in [-0.05, 0) is 18.4 Å². The molecular formula is C13H15NO2. The predicted octanol–water partition coefficient (Wildman–Crippen LogP) is 2.30. The van der Waals surface area contributed by atoms with Gasteiger partial charge in [0.25, 0.3) is 0 Å². The molecular weight excluding hydrogens is 202 g/mol. The van der Waals surface area contributed by atoms with Crippen molar-refractivity contribution in [3.8, 4) is 0 Å². The second-order valence-electron chi connectivity index (χ2n) is 4.49. The smallest absolute Gasteiger partial charge is 0.249 e. The summed E-state index contributed by atoms with van der Waals surface area (Å²) in [6.45, 7) is 0.651. The average molecular weight is 217 g/mol. The molecule has 0 spiro atoms. The Kier molecular flexibility index (Phi) is 2.40. The van der Waals surface area contributed by atoms with Gasteiger partial charge >= 0.3 is 0 Å². The molecule has 1 aromatic rings. The molecule has 2 fully saturated rings. The zero-order valence-electron chi connectivity index (χ0n) is 9.13. The van der Waals surface area contributed by atoms with E-state index < -0.39 is 0 Å². The van der Waals surface area contributed by atoms with E-state index in [1.165, 1.54) is 5.56 Å². The van der Waals surface area contributed by atoms with Crippen LogP contribution in [0.1, 0.15) is 30.9 Å². The zero-order valence-corrected chi connectivity index (χ0v) is 9.13. The van der Waals surface area contributed by atoms with Crippen LogP contribution < -0.4 is 0 Å². The highest BCUT2D eigenvalue weighted by Crippen LogP contribution is 2.37. The number of carbonyl (C=O) groups excluding carboxylic acids is 1. The van der Waals surface area contributed by atoms with E-state index in [0.717, 1.165) is 19.3 Å². The van der Waals surface area contributed by atoms with Gasteiger partial charge in [-0.1, -0.05) is 30.3 Å². The third kappa shape index (κ3) is 1.71. The van der Waals surface area contributed by atoms with E-state index in [1.54, 1.807) is 5.06 Å². The summed E-state index contributed by atoms with van der Waals surface area (Å²) in [5.74, 6) is 0.399. The quantitative estimate of drug-likeness (QED) is 0.760. The second kappa shape index (κ2) is 3.91. The Balaban J connectivity index is 1.81. The Hall–Kier alpha value is -1.35. The largest absolute Gasteiger partial charge is 0.272 e. The normalized spacial score (nSPS) is 24.8. The molecule has 0 N–H and O–H groups in total. The van der Waals surface area contributed by atoms with Crippen molar-refractivity contribution in [1.29, 1.82) is 0 Å². The standard InChI is InChI=1S/C13H15NO2/c15-13(11-6-7-11)14-12(8-9-16-14)10-4-2-1-3-5-10/h1-5,11-12H,6-9H2/t12-/m0/s1. The van der Waals surface area contributed by atoms with Gasteiger partial charge in [0.1, 0.15) is 0 Å². The zero-order chi connectivity index (χ0) is 11.0. The topological polar surface area (TPSA) is 29.5 Å². The first-order chi connectivity index (χ1) is 7.86. The van der Waals surface area contributed by atoms with Crippen LogP contribution in [0.4, 0.5) is 0 Å². The lowest BCUT2D eigenvalue weighted by Gasteiger charge is -2.22. The van der Waals surface area contributed by atoms with E-state index in [-0.39, 0.29) is 17.9 Å². The molecule has 1 aliphatic carbocycles. The minimum atomic E-state index is 0.120. The van der Waals surface area contributed by atoms with Crippen LogP contribution in [0.2, 0.25) is 0 Å². The second-order valence-corrected chi connectivity index (χ2v) is 4.49. The van der Waals surface area contributed by atoms with Crippen molar-refractivity contribution in [3.63, 3.8) is 0 Å². The molecule has 84 valence electrons. The number of rotatable bonds is 2. The van der Waals surface area contributed by atoms with Crippen molar-refractivity contribution < 1.29 is 9.63 Å². The lowest BCUT2D eigenvalue weighted by molar-refractivity contribution is -0.178. The molecule has 0 radical (unpaired) electrons. The Morgan fingerprint density at radius 3 is 2.62 bits per heavy atom. The average Bonchev–Trinajstić information content (AvgIpc) is 3.06. The first-order valence-corrected chi connectivity index (χ1v) is 5.87. The van der Waals surface area contributed by atoms with Gasteiger partial charge in [0.05, 0.1) is 12.6 Å². The number of benzene rings is 1. The van der Waals surface area contributed by atoms with Crippen LogP contribution in [-0.2, 0) is 9.63 Å². The number of hydroxylamine groups is 2. The van der Waals surface area contributed by atoms with Crippen LogP contribution in [-0.4, -0.2) is 17.6 Å². The molecule has 16 heavy (non-hydrogen) atoms. The van der Waals surface area contributed by atoms with Crippen LogP contribution in [0.15, 0.2) is 30.3 Å². The highest BCUT2D eigenvalue weighted by Gasteiger charge is 2.40. The molecule has 1 heterocycles. The van der Waals surface area contributed by atoms with Gasteiger partial charge in [-0.25, -0.2) is 5.06 Å². The number of hydrogen-bond donors (Lipinski definition) is 0. The van der Waals surface area contributed by atoms with E-state index >= 15 is 0 Å². The van der Waals surface area contributed by atoms with Crippen molar-refractivity contribution in [2.24, 2.45) is 5.92 Å². The maximum Gasteiger partial charge on any atom is 0.249 e.